The fourth-order valence-corrected chi connectivity index (χ4v) is 3.14. The maximum Gasteiger partial charge on any atom is 0.222 e. The van der Waals surface area contributed by atoms with Crippen LogP contribution in [0.5, 0.6) is 0 Å². The zero-order valence-electron chi connectivity index (χ0n) is 13.2. The molecule has 1 aromatic heterocycles. The van der Waals surface area contributed by atoms with Gasteiger partial charge in [-0.05, 0) is 37.8 Å². The van der Waals surface area contributed by atoms with Crippen LogP contribution in [0.25, 0.3) is 0 Å². The molecule has 1 fully saturated rings. The molecule has 1 aliphatic heterocycles. The molecule has 2 heterocycles. The maximum atomic E-state index is 4.36. The zero-order chi connectivity index (χ0) is 15.2. The summed E-state index contributed by atoms with van der Waals surface area (Å²) in [6.45, 7) is 6.13. The predicted octanol–water partition coefficient (Wildman–Crippen LogP) is 3.29. The molecule has 4 nitrogen and oxygen atoms in total. The van der Waals surface area contributed by atoms with Crippen LogP contribution in [0.3, 0.4) is 0 Å². The third-order valence-corrected chi connectivity index (χ3v) is 4.22. The first kappa shape index (κ1) is 15.0. The number of rotatable bonds is 5. The van der Waals surface area contributed by atoms with Crippen LogP contribution in [0.4, 0.5) is 5.95 Å². The second-order valence-corrected chi connectivity index (χ2v) is 5.93. The van der Waals surface area contributed by atoms with Gasteiger partial charge in [-0.15, -0.1) is 0 Å². The highest BCUT2D eigenvalue weighted by molar-refractivity contribution is 5.24. The monoisotopic (exact) mass is 296 g/mol. The largest absolute Gasteiger partial charge is 0.355 e. The first-order valence-electron chi connectivity index (χ1n) is 8.17. The van der Waals surface area contributed by atoms with Crippen molar-refractivity contribution < 1.29 is 0 Å². The fraction of sp³-hybridized carbons (Fsp3) is 0.444. The molecule has 1 saturated heterocycles. The number of aromatic nitrogens is 2. The molecule has 0 amide bonds. The highest BCUT2D eigenvalue weighted by atomic mass is 15.1. The fourth-order valence-electron chi connectivity index (χ4n) is 3.14. The van der Waals surface area contributed by atoms with Crippen LogP contribution in [0, 0.1) is 0 Å². The van der Waals surface area contributed by atoms with Gasteiger partial charge in [0.2, 0.25) is 5.95 Å². The Morgan fingerprint density at radius 3 is 2.68 bits per heavy atom. The van der Waals surface area contributed by atoms with Crippen LogP contribution in [-0.2, 0) is 6.54 Å². The van der Waals surface area contributed by atoms with E-state index >= 15 is 0 Å². The van der Waals surface area contributed by atoms with E-state index in [1.165, 1.54) is 24.0 Å². The summed E-state index contributed by atoms with van der Waals surface area (Å²) in [7, 11) is 0. The number of piperidine rings is 1. The molecule has 22 heavy (non-hydrogen) atoms. The Morgan fingerprint density at radius 1 is 1.18 bits per heavy atom. The third-order valence-electron chi connectivity index (χ3n) is 4.22. The topological polar surface area (TPSA) is 41.1 Å². The molecule has 0 bridgehead atoms. The molecule has 4 heteroatoms. The van der Waals surface area contributed by atoms with E-state index in [4.69, 9.17) is 0 Å². The Bertz CT molecular complexity index is 567. The first-order chi connectivity index (χ1) is 10.8. The number of hydrogen-bond acceptors (Lipinski definition) is 4. The van der Waals surface area contributed by atoms with Gasteiger partial charge in [-0.3, -0.25) is 4.90 Å². The highest BCUT2D eigenvalue weighted by Crippen LogP contribution is 2.27. The summed E-state index contributed by atoms with van der Waals surface area (Å²) in [5.41, 5.74) is 2.65. The number of hydrogen-bond donors (Lipinski definition) is 1. The molecule has 1 atom stereocenters. The molecular weight excluding hydrogens is 272 g/mol. The van der Waals surface area contributed by atoms with Crippen molar-refractivity contribution in [3.8, 4) is 0 Å². The smallest absolute Gasteiger partial charge is 0.222 e. The van der Waals surface area contributed by atoms with Gasteiger partial charge in [0.1, 0.15) is 0 Å². The highest BCUT2D eigenvalue weighted by Gasteiger charge is 2.21. The van der Waals surface area contributed by atoms with Crippen molar-refractivity contribution in [3.05, 3.63) is 53.9 Å². The number of nitrogens with zero attached hydrogens (tertiary/aromatic N) is 3. The standard InChI is InChI=1S/C18H24N4/c1-2-19-18-20-11-15(12-21-18)13-22-10-6-9-17(14-22)16-7-4-3-5-8-16/h3-5,7-8,11-12,17H,2,6,9-10,13-14H2,1H3,(H,19,20,21). The molecule has 116 valence electrons. The molecule has 0 saturated carbocycles. The van der Waals surface area contributed by atoms with Crippen LogP contribution in [0.2, 0.25) is 0 Å². The molecule has 2 aromatic rings. The second kappa shape index (κ2) is 7.36. The van der Waals surface area contributed by atoms with Crippen LogP contribution in [-0.4, -0.2) is 34.5 Å². The maximum absolute atomic E-state index is 4.36. The summed E-state index contributed by atoms with van der Waals surface area (Å²) >= 11 is 0. The molecule has 1 N–H and O–H groups in total. The van der Waals surface area contributed by atoms with Gasteiger partial charge < -0.3 is 5.32 Å². The third kappa shape index (κ3) is 3.83. The lowest BCUT2D eigenvalue weighted by molar-refractivity contribution is 0.200. The molecule has 1 aromatic carbocycles. The van der Waals surface area contributed by atoms with Crippen LogP contribution >= 0.6 is 0 Å². The van der Waals surface area contributed by atoms with E-state index in [-0.39, 0.29) is 0 Å². The molecule has 0 radical (unpaired) electrons. The summed E-state index contributed by atoms with van der Waals surface area (Å²) in [4.78, 5) is 11.2. The van der Waals surface area contributed by atoms with Crippen molar-refractivity contribution in [2.24, 2.45) is 0 Å². The first-order valence-corrected chi connectivity index (χ1v) is 8.17. The molecule has 1 unspecified atom stereocenters. The molecular formula is C18H24N4. The number of nitrogens with one attached hydrogen (secondary N) is 1. The van der Waals surface area contributed by atoms with E-state index in [1.807, 2.05) is 12.4 Å². The Hall–Kier alpha value is -1.94. The molecule has 1 aliphatic rings. The van der Waals surface area contributed by atoms with Crippen molar-refractivity contribution in [2.45, 2.75) is 32.2 Å². The van der Waals surface area contributed by atoms with Crippen molar-refractivity contribution in [1.82, 2.24) is 14.9 Å². The average Bonchev–Trinajstić information content (AvgIpc) is 2.58. The van der Waals surface area contributed by atoms with Crippen LogP contribution in [0.15, 0.2) is 42.7 Å². The van der Waals surface area contributed by atoms with E-state index in [0.29, 0.717) is 11.9 Å². The van der Waals surface area contributed by atoms with E-state index in [9.17, 15) is 0 Å². The number of anilines is 1. The Labute approximate surface area is 132 Å². The normalized spacial score (nSPS) is 19.0. The van der Waals surface area contributed by atoms with Crippen LogP contribution in [0.1, 0.15) is 36.8 Å². The predicted molar refractivity (Wildman–Crippen MR) is 89.9 cm³/mol. The Morgan fingerprint density at radius 2 is 1.95 bits per heavy atom. The summed E-state index contributed by atoms with van der Waals surface area (Å²) in [5, 5.41) is 3.13. The van der Waals surface area contributed by atoms with Gasteiger partial charge in [0.15, 0.2) is 0 Å². The summed E-state index contributed by atoms with van der Waals surface area (Å²) in [6.07, 6.45) is 6.43. The van der Waals surface area contributed by atoms with Crippen molar-refractivity contribution >= 4 is 5.95 Å². The van der Waals surface area contributed by atoms with Crippen molar-refractivity contribution in [3.63, 3.8) is 0 Å². The van der Waals surface area contributed by atoms with Gasteiger partial charge in [-0.1, -0.05) is 30.3 Å². The molecule has 0 aliphatic carbocycles. The minimum atomic E-state index is 0.650. The van der Waals surface area contributed by atoms with Gasteiger partial charge in [-0.2, -0.15) is 0 Å². The van der Waals surface area contributed by atoms with Crippen LogP contribution < -0.4 is 5.32 Å². The lowest BCUT2D eigenvalue weighted by Gasteiger charge is -2.32. The average molecular weight is 296 g/mol. The summed E-state index contributed by atoms with van der Waals surface area (Å²) < 4.78 is 0. The quantitative estimate of drug-likeness (QED) is 0.919. The summed E-state index contributed by atoms with van der Waals surface area (Å²) in [6, 6.07) is 10.9. The molecule has 0 spiro atoms. The Kier molecular flexibility index (Phi) is 5.01. The second-order valence-electron chi connectivity index (χ2n) is 5.93. The van der Waals surface area contributed by atoms with Gasteiger partial charge >= 0.3 is 0 Å². The number of likely N-dealkylation sites (tertiary alicyclic amines) is 1. The lowest BCUT2D eigenvalue weighted by atomic mass is 9.90. The lowest BCUT2D eigenvalue weighted by Crippen LogP contribution is -2.33. The van der Waals surface area contributed by atoms with Gasteiger partial charge in [0.05, 0.1) is 0 Å². The van der Waals surface area contributed by atoms with E-state index in [0.717, 1.165) is 26.2 Å². The summed E-state index contributed by atoms with van der Waals surface area (Å²) in [5.74, 6) is 1.36. The van der Waals surface area contributed by atoms with E-state index in [1.54, 1.807) is 0 Å². The van der Waals surface area contributed by atoms with Crippen molar-refractivity contribution in [1.29, 1.82) is 0 Å². The minimum Gasteiger partial charge on any atom is -0.355 e. The molecule has 3 rings (SSSR count). The van der Waals surface area contributed by atoms with E-state index in [2.05, 4.69) is 57.4 Å². The minimum absolute atomic E-state index is 0.650. The number of benzene rings is 1. The van der Waals surface area contributed by atoms with Gasteiger partial charge in [0, 0.05) is 37.6 Å². The van der Waals surface area contributed by atoms with Gasteiger partial charge in [-0.25, -0.2) is 9.97 Å². The zero-order valence-corrected chi connectivity index (χ0v) is 13.2. The van der Waals surface area contributed by atoms with Crippen molar-refractivity contribution in [2.75, 3.05) is 25.0 Å². The Balaban J connectivity index is 1.60. The van der Waals surface area contributed by atoms with Gasteiger partial charge in [0.25, 0.3) is 0 Å². The van der Waals surface area contributed by atoms with E-state index < -0.39 is 0 Å². The SMILES string of the molecule is CCNc1ncc(CN2CCCC(c3ccccc3)C2)cn1.